The molecule has 1 nitrogen and oxygen atoms in total. The van der Waals surface area contributed by atoms with Crippen molar-refractivity contribution in [2.24, 2.45) is 5.92 Å². The van der Waals surface area contributed by atoms with Crippen molar-refractivity contribution in [3.63, 3.8) is 0 Å². The van der Waals surface area contributed by atoms with Crippen LogP contribution < -0.4 is 0 Å². The van der Waals surface area contributed by atoms with Crippen LogP contribution in [0.3, 0.4) is 0 Å². The highest BCUT2D eigenvalue weighted by molar-refractivity contribution is 4.99. The van der Waals surface area contributed by atoms with Gasteiger partial charge >= 0.3 is 6.18 Å². The average Bonchev–Trinajstić information content (AvgIpc) is 2.13. The van der Waals surface area contributed by atoms with Crippen LogP contribution in [0.25, 0.3) is 0 Å². The molecule has 1 aliphatic rings. The van der Waals surface area contributed by atoms with E-state index in [1.165, 1.54) is 0 Å². The van der Waals surface area contributed by atoms with E-state index in [0.717, 1.165) is 0 Å². The summed E-state index contributed by atoms with van der Waals surface area (Å²) in [5.74, 6) is -0.634. The lowest BCUT2D eigenvalue weighted by Gasteiger charge is -2.01. The molecule has 0 heterocycles. The fourth-order valence-electron chi connectivity index (χ4n) is 0.622. The van der Waals surface area contributed by atoms with E-state index in [-0.39, 0.29) is 12.8 Å². The van der Waals surface area contributed by atoms with Gasteiger partial charge in [0.15, 0.2) is 0 Å². The molecule has 0 amide bonds. The molecule has 1 saturated carbocycles. The zero-order chi connectivity index (χ0) is 7.07. The van der Waals surface area contributed by atoms with Gasteiger partial charge in [-0.1, -0.05) is 0 Å². The molecule has 1 N–H and O–H groups in total. The number of aliphatic hydroxyl groups is 1. The first-order valence-electron chi connectivity index (χ1n) is 2.60. The molecule has 2 unspecified atom stereocenters. The molecule has 0 saturated heterocycles. The SMILES string of the molecule is OC1CC1[CH]C(F)(F)F. The van der Waals surface area contributed by atoms with Gasteiger partial charge in [0, 0.05) is 0 Å². The number of hydrogen-bond donors (Lipinski definition) is 1. The fourth-order valence-corrected chi connectivity index (χ4v) is 0.622. The Balaban J connectivity index is 2.19. The van der Waals surface area contributed by atoms with Crippen molar-refractivity contribution >= 4 is 0 Å². The van der Waals surface area contributed by atoms with Gasteiger partial charge in [-0.15, -0.1) is 0 Å². The number of rotatable bonds is 1. The van der Waals surface area contributed by atoms with Crippen molar-refractivity contribution in [2.75, 3.05) is 0 Å². The Hall–Kier alpha value is -0.250. The van der Waals surface area contributed by atoms with Crippen molar-refractivity contribution < 1.29 is 18.3 Å². The molecule has 1 fully saturated rings. The van der Waals surface area contributed by atoms with Gasteiger partial charge in [0.05, 0.1) is 12.5 Å². The summed E-state index contributed by atoms with van der Waals surface area (Å²) in [6.45, 7) is 0. The minimum atomic E-state index is -4.22. The number of aliphatic hydroxyl groups excluding tert-OH is 1. The molecule has 53 valence electrons. The summed E-state index contributed by atoms with van der Waals surface area (Å²) in [4.78, 5) is 0. The maximum absolute atomic E-state index is 11.4. The topological polar surface area (TPSA) is 20.2 Å². The van der Waals surface area contributed by atoms with E-state index in [4.69, 9.17) is 5.11 Å². The molecule has 0 bridgehead atoms. The van der Waals surface area contributed by atoms with E-state index in [1.54, 1.807) is 0 Å². The van der Waals surface area contributed by atoms with Crippen molar-refractivity contribution in [1.82, 2.24) is 0 Å². The molecule has 0 aromatic heterocycles. The number of halogens is 3. The second-order valence-corrected chi connectivity index (χ2v) is 2.18. The highest BCUT2D eigenvalue weighted by Crippen LogP contribution is 2.38. The van der Waals surface area contributed by atoms with E-state index in [2.05, 4.69) is 0 Å². The second-order valence-electron chi connectivity index (χ2n) is 2.18. The summed E-state index contributed by atoms with van der Waals surface area (Å²) in [7, 11) is 0. The van der Waals surface area contributed by atoms with Gasteiger partial charge in [-0.3, -0.25) is 0 Å². The summed E-state index contributed by atoms with van der Waals surface area (Å²) in [6.07, 6.45) is -4.47. The third-order valence-corrected chi connectivity index (χ3v) is 1.21. The van der Waals surface area contributed by atoms with E-state index < -0.39 is 18.2 Å². The molecule has 4 heteroatoms. The van der Waals surface area contributed by atoms with E-state index in [0.29, 0.717) is 0 Å². The lowest BCUT2D eigenvalue weighted by Crippen LogP contribution is -2.10. The first-order chi connectivity index (χ1) is 3.99. The van der Waals surface area contributed by atoms with Crippen LogP contribution in [0.15, 0.2) is 0 Å². The molecule has 0 aromatic rings. The van der Waals surface area contributed by atoms with Gasteiger partial charge in [0.1, 0.15) is 0 Å². The molecule has 0 aliphatic heterocycles. The van der Waals surface area contributed by atoms with Crippen molar-refractivity contribution in [3.8, 4) is 0 Å². The predicted octanol–water partition coefficient (Wildman–Crippen LogP) is 1.13. The Morgan fingerprint density at radius 1 is 1.44 bits per heavy atom. The molecular weight excluding hydrogens is 133 g/mol. The summed E-state index contributed by atoms with van der Waals surface area (Å²) in [6, 6.07) is 0. The quantitative estimate of drug-likeness (QED) is 0.577. The Morgan fingerprint density at radius 2 is 1.89 bits per heavy atom. The predicted molar refractivity (Wildman–Crippen MR) is 24.5 cm³/mol. The van der Waals surface area contributed by atoms with Crippen LogP contribution in [0.5, 0.6) is 0 Å². The Morgan fingerprint density at radius 3 is 2.00 bits per heavy atom. The monoisotopic (exact) mass is 139 g/mol. The van der Waals surface area contributed by atoms with Crippen LogP contribution in [-0.4, -0.2) is 17.4 Å². The first kappa shape index (κ1) is 6.86. The summed E-state index contributed by atoms with van der Waals surface area (Å²) in [5.41, 5.74) is 0. The maximum atomic E-state index is 11.4. The summed E-state index contributed by atoms with van der Waals surface area (Å²) >= 11 is 0. The van der Waals surface area contributed by atoms with Gasteiger partial charge in [-0.25, -0.2) is 0 Å². The Kier molecular flexibility index (Phi) is 1.42. The van der Waals surface area contributed by atoms with Crippen LogP contribution in [0, 0.1) is 12.3 Å². The van der Waals surface area contributed by atoms with Gasteiger partial charge in [0.25, 0.3) is 0 Å². The fraction of sp³-hybridized carbons (Fsp3) is 0.800. The Labute approximate surface area is 50.5 Å². The summed E-state index contributed by atoms with van der Waals surface area (Å²) < 4.78 is 34.1. The number of alkyl halides is 3. The molecule has 1 aliphatic carbocycles. The molecule has 2 atom stereocenters. The van der Waals surface area contributed by atoms with Crippen molar-refractivity contribution in [1.29, 1.82) is 0 Å². The normalized spacial score (nSPS) is 34.7. The second kappa shape index (κ2) is 1.87. The molecular formula is C5H6F3O. The van der Waals surface area contributed by atoms with E-state index in [9.17, 15) is 13.2 Å². The smallest absolute Gasteiger partial charge is 0.392 e. The maximum Gasteiger partial charge on any atom is 0.392 e. The third-order valence-electron chi connectivity index (χ3n) is 1.21. The highest BCUT2D eigenvalue weighted by Gasteiger charge is 2.44. The van der Waals surface area contributed by atoms with Gasteiger partial charge in [-0.05, 0) is 12.3 Å². The first-order valence-corrected chi connectivity index (χ1v) is 2.60. The van der Waals surface area contributed by atoms with Crippen LogP contribution in [0.2, 0.25) is 0 Å². The van der Waals surface area contributed by atoms with Crippen LogP contribution >= 0.6 is 0 Å². The lowest BCUT2D eigenvalue weighted by molar-refractivity contribution is -0.101. The van der Waals surface area contributed by atoms with Gasteiger partial charge in [-0.2, -0.15) is 13.2 Å². The van der Waals surface area contributed by atoms with Crippen molar-refractivity contribution in [3.05, 3.63) is 6.42 Å². The standard InChI is InChI=1S/C5H6F3O/c6-5(7,8)2-3-1-4(3)9/h2-4,9H,1H2. The number of hydrogen-bond acceptors (Lipinski definition) is 1. The average molecular weight is 139 g/mol. The molecule has 9 heavy (non-hydrogen) atoms. The highest BCUT2D eigenvalue weighted by atomic mass is 19.4. The molecule has 0 spiro atoms. The van der Waals surface area contributed by atoms with E-state index >= 15 is 0 Å². The zero-order valence-electron chi connectivity index (χ0n) is 4.52. The largest absolute Gasteiger partial charge is 0.393 e. The minimum absolute atomic E-state index is 0.234. The summed E-state index contributed by atoms with van der Waals surface area (Å²) in [5, 5.41) is 8.46. The van der Waals surface area contributed by atoms with Gasteiger partial charge in [0.2, 0.25) is 0 Å². The molecule has 1 rings (SSSR count). The molecule has 0 aromatic carbocycles. The minimum Gasteiger partial charge on any atom is -0.393 e. The van der Waals surface area contributed by atoms with E-state index in [1.807, 2.05) is 0 Å². The molecule has 1 radical (unpaired) electrons. The van der Waals surface area contributed by atoms with Crippen LogP contribution in [0.1, 0.15) is 6.42 Å². The van der Waals surface area contributed by atoms with Crippen LogP contribution in [0.4, 0.5) is 13.2 Å². The van der Waals surface area contributed by atoms with Crippen molar-refractivity contribution in [2.45, 2.75) is 18.7 Å². The Bertz CT molecular complexity index is 109. The van der Waals surface area contributed by atoms with Gasteiger partial charge < -0.3 is 5.11 Å². The van der Waals surface area contributed by atoms with Crippen LogP contribution in [-0.2, 0) is 0 Å². The third kappa shape index (κ3) is 2.22. The lowest BCUT2D eigenvalue weighted by atomic mass is 10.3. The zero-order valence-corrected chi connectivity index (χ0v) is 4.52.